The van der Waals surface area contributed by atoms with Crippen LogP contribution in [0.5, 0.6) is 5.75 Å². The summed E-state index contributed by atoms with van der Waals surface area (Å²) in [5.41, 5.74) is -1.94. The van der Waals surface area contributed by atoms with E-state index in [4.69, 9.17) is 21.3 Å². The molecular weight excluding hydrogens is 862 g/mol. The Morgan fingerprint density at radius 1 is 1.05 bits per heavy atom. The number of carbonyl (C=O) groups excluding carboxylic acids is 1. The Balaban J connectivity index is 1.21. The number of aromatic nitrogens is 6. The molecule has 2 N–H and O–H groups in total. The van der Waals surface area contributed by atoms with Crippen LogP contribution in [0, 0.1) is 23.5 Å². The first-order chi connectivity index (χ1) is 29.6. The van der Waals surface area contributed by atoms with Gasteiger partial charge < -0.3 is 10.1 Å². The number of hydrogen-bond donors (Lipinski definition) is 2. The van der Waals surface area contributed by atoms with Gasteiger partial charge in [-0.2, -0.15) is 19.0 Å². The van der Waals surface area contributed by atoms with Gasteiger partial charge in [0.15, 0.2) is 5.82 Å². The molecule has 12 nitrogen and oxygen atoms in total. The average molecular weight is 901 g/mol. The number of carbonyl (C=O) groups is 1. The predicted octanol–water partition coefficient (Wildman–Crippen LogP) is 8.31. The van der Waals surface area contributed by atoms with Gasteiger partial charge in [0.2, 0.25) is 5.91 Å². The number of ether oxygens (including phenoxy) is 1. The third-order valence-electron chi connectivity index (χ3n) is 11.9. The number of fused-ring (bicyclic) bond motifs is 5. The van der Waals surface area contributed by atoms with Gasteiger partial charge >= 0.3 is 0 Å². The third-order valence-corrected chi connectivity index (χ3v) is 12.7. The minimum atomic E-state index is -3.52. The molecule has 9 rings (SSSR count). The molecule has 3 heterocycles. The highest BCUT2D eigenvalue weighted by atomic mass is 35.5. The van der Waals surface area contributed by atoms with Crippen molar-refractivity contribution < 1.29 is 40.1 Å². The van der Waals surface area contributed by atoms with Crippen molar-refractivity contribution in [3.05, 3.63) is 104 Å². The first-order valence-corrected chi connectivity index (χ1v) is 22.0. The monoisotopic (exact) mass is 900 g/mol. The Hall–Kier alpha value is -5.43. The molecule has 3 unspecified atom stereocenters. The van der Waals surface area contributed by atoms with Crippen LogP contribution < -0.4 is 20.3 Å². The van der Waals surface area contributed by atoms with Gasteiger partial charge in [0.25, 0.3) is 17.9 Å². The molecule has 2 saturated carbocycles. The van der Waals surface area contributed by atoms with Gasteiger partial charge in [-0.15, -0.1) is 0 Å². The number of nitrogens with zero attached hydrogens (tertiary/aromatic N) is 6. The number of halogens is 7. The van der Waals surface area contributed by atoms with Crippen LogP contribution in [0.15, 0.2) is 53.3 Å². The fourth-order valence-corrected chi connectivity index (χ4v) is 9.84. The lowest BCUT2D eigenvalue weighted by Crippen LogP contribution is -2.38. The Kier molecular flexibility index (Phi) is 10.8. The topological polar surface area (TPSA) is 138 Å². The van der Waals surface area contributed by atoms with E-state index >= 15 is 8.78 Å². The summed E-state index contributed by atoms with van der Waals surface area (Å²) in [5, 5.41) is 11.5. The number of aryl methyl sites for hydroxylation is 1. The Bertz CT molecular complexity index is 2840. The van der Waals surface area contributed by atoms with Crippen LogP contribution in [0.3, 0.4) is 0 Å². The lowest BCUT2D eigenvalue weighted by Gasteiger charge is -2.24. The van der Waals surface area contributed by atoms with Crippen molar-refractivity contribution in [2.75, 3.05) is 17.6 Å². The summed E-state index contributed by atoms with van der Waals surface area (Å²) < 4.78 is 113. The fourth-order valence-electron chi connectivity index (χ4n) is 9.18. The van der Waals surface area contributed by atoms with Crippen LogP contribution in [0.2, 0.25) is 5.02 Å². The second-order valence-electron chi connectivity index (χ2n) is 16.2. The Morgan fingerprint density at radius 3 is 2.50 bits per heavy atom. The molecule has 3 aliphatic carbocycles. The molecule has 6 aromatic rings. The molecule has 0 aliphatic heterocycles. The molecule has 3 aliphatic rings. The number of benzene rings is 3. The lowest BCUT2D eigenvalue weighted by molar-refractivity contribution is -0.123. The fraction of sp³-hybridized carbons (Fsp3) is 0.405. The van der Waals surface area contributed by atoms with Crippen molar-refractivity contribution in [3.63, 3.8) is 0 Å². The molecule has 0 bridgehead atoms. The SMILES string of the molecule is Cn1nc(NS(C)=O)c2c(Cl)ccc(-n3c(C(Cc4cc(F)cc(F)c4)NC(=O)Cn4nc(C(F)F)c5c4C(F)(F)[C@@H]4CC54)nc4cc(OCC5CCCCC5)ccc4c3=O)c21. The standard InChI is InChI=1S/C42H39ClF6N8O4S/c1-55-36-31(11-10-28(43)34(36)39(53-55)54-62(2)60)57-40(51-29-16-24(8-9-25(29)41(57)59)61-19-20-6-4-3-5-7-20)30(14-21-12-22(44)15-23(45)13-21)50-32(58)18-56-37-33(35(52-56)38(46)47)26-17-27(26)42(37,48)49/h8-13,15-16,20,26-27,30,38H,3-7,14,17-19H2,1-2H3,(H,50,58)(H,53,54)/t26?,27-,30?,62?/m1/s1. The van der Waals surface area contributed by atoms with Crippen molar-refractivity contribution in [3.8, 4) is 11.4 Å². The van der Waals surface area contributed by atoms with Gasteiger partial charge in [0.1, 0.15) is 52.1 Å². The zero-order valence-electron chi connectivity index (χ0n) is 33.2. The summed E-state index contributed by atoms with van der Waals surface area (Å²) >= 11 is 6.69. The molecular formula is C42H39ClF6N8O4S. The molecule has 3 aromatic carbocycles. The van der Waals surface area contributed by atoms with E-state index in [0.717, 1.165) is 44.2 Å². The quantitative estimate of drug-likeness (QED) is 0.111. The first kappa shape index (κ1) is 41.9. The van der Waals surface area contributed by atoms with E-state index in [1.54, 1.807) is 25.2 Å². The minimum absolute atomic E-state index is 0.0172. The van der Waals surface area contributed by atoms with E-state index in [1.165, 1.54) is 27.6 Å². The van der Waals surface area contributed by atoms with E-state index in [1.807, 2.05) is 0 Å². The van der Waals surface area contributed by atoms with Gasteiger partial charge in [-0.3, -0.25) is 28.2 Å². The zero-order valence-corrected chi connectivity index (χ0v) is 34.8. The molecule has 1 amide bonds. The molecule has 0 spiro atoms. The number of amides is 1. The number of nitrogens with one attached hydrogen (secondary N) is 2. The zero-order chi connectivity index (χ0) is 43.8. The summed E-state index contributed by atoms with van der Waals surface area (Å²) in [7, 11) is -0.0362. The van der Waals surface area contributed by atoms with Crippen LogP contribution in [0.25, 0.3) is 27.5 Å². The summed E-state index contributed by atoms with van der Waals surface area (Å²) in [6, 6.07) is 9.00. The highest BCUT2D eigenvalue weighted by molar-refractivity contribution is 7.85. The minimum Gasteiger partial charge on any atom is -0.493 e. The second kappa shape index (κ2) is 16.0. The molecule has 326 valence electrons. The molecule has 62 heavy (non-hydrogen) atoms. The van der Waals surface area contributed by atoms with Crippen molar-refractivity contribution in [2.24, 2.45) is 18.9 Å². The summed E-state index contributed by atoms with van der Waals surface area (Å²) in [6.07, 6.45) is 3.21. The van der Waals surface area contributed by atoms with Gasteiger partial charge in [0.05, 0.1) is 45.2 Å². The van der Waals surface area contributed by atoms with E-state index in [0.29, 0.717) is 29.0 Å². The van der Waals surface area contributed by atoms with Crippen LogP contribution in [-0.2, 0) is 41.7 Å². The smallest absolute Gasteiger partial charge is 0.293 e. The lowest BCUT2D eigenvalue weighted by atomic mass is 9.90. The van der Waals surface area contributed by atoms with E-state index in [2.05, 4.69) is 20.2 Å². The van der Waals surface area contributed by atoms with Crippen molar-refractivity contribution >= 4 is 56.1 Å². The molecule has 20 heteroatoms. The molecule has 2 fully saturated rings. The van der Waals surface area contributed by atoms with Crippen LogP contribution >= 0.6 is 11.6 Å². The van der Waals surface area contributed by atoms with Crippen molar-refractivity contribution in [1.29, 1.82) is 0 Å². The maximum Gasteiger partial charge on any atom is 0.293 e. The molecule has 3 aromatic heterocycles. The van der Waals surface area contributed by atoms with Crippen molar-refractivity contribution in [2.45, 2.75) is 75.8 Å². The van der Waals surface area contributed by atoms with Gasteiger partial charge in [0, 0.05) is 43.3 Å². The average Bonchev–Trinajstić information content (AvgIpc) is 3.75. The van der Waals surface area contributed by atoms with Gasteiger partial charge in [-0.1, -0.05) is 30.9 Å². The highest BCUT2D eigenvalue weighted by Crippen LogP contribution is 2.68. The number of alkyl halides is 4. The molecule has 4 atom stereocenters. The van der Waals surface area contributed by atoms with Crippen LogP contribution in [-0.4, -0.2) is 52.1 Å². The van der Waals surface area contributed by atoms with E-state index in [-0.39, 0.29) is 61.7 Å². The largest absolute Gasteiger partial charge is 0.493 e. The predicted molar refractivity (Wildman–Crippen MR) is 219 cm³/mol. The Morgan fingerprint density at radius 2 is 1.79 bits per heavy atom. The summed E-state index contributed by atoms with van der Waals surface area (Å²) in [6.45, 7) is -0.502. The van der Waals surface area contributed by atoms with Crippen LogP contribution in [0.4, 0.5) is 32.2 Å². The molecule has 0 radical (unpaired) electrons. The third kappa shape index (κ3) is 7.60. The van der Waals surface area contributed by atoms with E-state index in [9.17, 15) is 31.4 Å². The summed E-state index contributed by atoms with van der Waals surface area (Å²) in [5.74, 6) is -7.67. The number of anilines is 1. The van der Waals surface area contributed by atoms with Gasteiger partial charge in [-0.05, 0) is 73.1 Å². The maximum absolute atomic E-state index is 15.5. The second-order valence-corrected chi connectivity index (χ2v) is 17.7. The first-order valence-electron chi connectivity index (χ1n) is 20.1. The highest BCUT2D eigenvalue weighted by Gasteiger charge is 2.67. The van der Waals surface area contributed by atoms with Gasteiger partial charge in [-0.25, -0.2) is 26.8 Å². The van der Waals surface area contributed by atoms with Crippen LogP contribution in [0.1, 0.15) is 85.2 Å². The molecule has 0 saturated heterocycles. The maximum atomic E-state index is 15.5. The normalized spacial score (nSPS) is 19.1. The number of hydrogen-bond acceptors (Lipinski definition) is 7. The summed E-state index contributed by atoms with van der Waals surface area (Å²) in [4.78, 5) is 34.1. The number of rotatable bonds is 13. The van der Waals surface area contributed by atoms with Crippen molar-refractivity contribution in [1.82, 2.24) is 34.4 Å². The Labute approximate surface area is 357 Å². The van der Waals surface area contributed by atoms with E-state index < -0.39 is 88.7 Å².